The standard InChI is InChI=1S/C16H22O4/c1-4-5-8-11-16(2,3)20-15(19)13-10-7-6-9-12(13)14(17)18/h6-7,9-10H,4-5,8,11H2,1-3H3,(H,17,18). The molecule has 0 aliphatic rings. The summed E-state index contributed by atoms with van der Waals surface area (Å²) in [5, 5.41) is 9.08. The summed E-state index contributed by atoms with van der Waals surface area (Å²) in [6.45, 7) is 5.82. The van der Waals surface area contributed by atoms with Crippen LogP contribution in [0.5, 0.6) is 0 Å². The van der Waals surface area contributed by atoms with Crippen molar-refractivity contribution in [3.05, 3.63) is 35.4 Å². The zero-order chi connectivity index (χ0) is 15.2. The van der Waals surface area contributed by atoms with Gasteiger partial charge in [-0.05, 0) is 38.8 Å². The van der Waals surface area contributed by atoms with Gasteiger partial charge in [-0.2, -0.15) is 0 Å². The van der Waals surface area contributed by atoms with Crippen LogP contribution in [0.4, 0.5) is 0 Å². The lowest BCUT2D eigenvalue weighted by Crippen LogP contribution is -2.28. The van der Waals surface area contributed by atoms with Crippen LogP contribution in [0.1, 0.15) is 67.2 Å². The second-order valence-corrected chi connectivity index (χ2v) is 5.46. The summed E-state index contributed by atoms with van der Waals surface area (Å²) < 4.78 is 5.46. The molecular weight excluding hydrogens is 256 g/mol. The van der Waals surface area contributed by atoms with Gasteiger partial charge in [-0.3, -0.25) is 0 Å². The van der Waals surface area contributed by atoms with Crippen LogP contribution in [0.2, 0.25) is 0 Å². The van der Waals surface area contributed by atoms with Gasteiger partial charge >= 0.3 is 11.9 Å². The number of hydrogen-bond donors (Lipinski definition) is 1. The molecule has 0 aromatic heterocycles. The van der Waals surface area contributed by atoms with E-state index in [-0.39, 0.29) is 11.1 Å². The predicted octanol–water partition coefficient (Wildman–Crippen LogP) is 3.90. The molecule has 110 valence electrons. The first kappa shape index (κ1) is 16.2. The molecule has 0 amide bonds. The van der Waals surface area contributed by atoms with Crippen LogP contribution in [0.3, 0.4) is 0 Å². The number of ether oxygens (including phenoxy) is 1. The van der Waals surface area contributed by atoms with Crippen LogP contribution in [0.15, 0.2) is 24.3 Å². The van der Waals surface area contributed by atoms with Crippen molar-refractivity contribution in [2.24, 2.45) is 0 Å². The van der Waals surface area contributed by atoms with Crippen molar-refractivity contribution in [1.29, 1.82) is 0 Å². The molecule has 4 nitrogen and oxygen atoms in total. The molecule has 0 saturated carbocycles. The second-order valence-electron chi connectivity index (χ2n) is 5.46. The van der Waals surface area contributed by atoms with E-state index < -0.39 is 17.5 Å². The zero-order valence-corrected chi connectivity index (χ0v) is 12.3. The Labute approximate surface area is 119 Å². The number of hydrogen-bond acceptors (Lipinski definition) is 3. The first-order valence-corrected chi connectivity index (χ1v) is 6.93. The minimum atomic E-state index is -1.12. The molecule has 0 atom stereocenters. The fourth-order valence-corrected chi connectivity index (χ4v) is 2.01. The number of benzene rings is 1. The highest BCUT2D eigenvalue weighted by molar-refractivity contribution is 6.02. The van der Waals surface area contributed by atoms with E-state index in [2.05, 4.69) is 6.92 Å². The smallest absolute Gasteiger partial charge is 0.339 e. The molecule has 1 N–H and O–H groups in total. The van der Waals surface area contributed by atoms with Gasteiger partial charge in [0.15, 0.2) is 0 Å². The fraction of sp³-hybridized carbons (Fsp3) is 0.500. The summed E-state index contributed by atoms with van der Waals surface area (Å²) >= 11 is 0. The van der Waals surface area contributed by atoms with Crippen molar-refractivity contribution in [3.63, 3.8) is 0 Å². The molecule has 0 spiro atoms. The van der Waals surface area contributed by atoms with Gasteiger partial charge in [-0.15, -0.1) is 0 Å². The van der Waals surface area contributed by atoms with Gasteiger partial charge in [0.2, 0.25) is 0 Å². The molecule has 0 aliphatic carbocycles. The fourth-order valence-electron chi connectivity index (χ4n) is 2.01. The average Bonchev–Trinajstić information content (AvgIpc) is 2.38. The van der Waals surface area contributed by atoms with Crippen LogP contribution in [0.25, 0.3) is 0 Å². The monoisotopic (exact) mass is 278 g/mol. The number of carboxylic acids is 1. The van der Waals surface area contributed by atoms with E-state index in [4.69, 9.17) is 9.84 Å². The summed E-state index contributed by atoms with van der Waals surface area (Å²) in [5.41, 5.74) is -0.511. The van der Waals surface area contributed by atoms with Crippen LogP contribution in [0, 0.1) is 0 Å². The first-order valence-electron chi connectivity index (χ1n) is 6.93. The highest BCUT2D eigenvalue weighted by atomic mass is 16.6. The zero-order valence-electron chi connectivity index (χ0n) is 12.3. The number of unbranched alkanes of at least 4 members (excludes halogenated alkanes) is 2. The van der Waals surface area contributed by atoms with E-state index in [1.165, 1.54) is 12.1 Å². The molecule has 1 aromatic carbocycles. The Balaban J connectivity index is 2.78. The van der Waals surface area contributed by atoms with Crippen molar-refractivity contribution in [2.75, 3.05) is 0 Å². The van der Waals surface area contributed by atoms with Gasteiger partial charge in [0.25, 0.3) is 0 Å². The summed E-state index contributed by atoms with van der Waals surface area (Å²) in [6, 6.07) is 6.11. The third-order valence-corrected chi connectivity index (χ3v) is 3.13. The van der Waals surface area contributed by atoms with E-state index in [0.29, 0.717) is 0 Å². The van der Waals surface area contributed by atoms with Crippen LogP contribution < -0.4 is 0 Å². The Morgan fingerprint density at radius 1 is 1.15 bits per heavy atom. The van der Waals surface area contributed by atoms with Gasteiger partial charge in [-0.1, -0.05) is 31.9 Å². The van der Waals surface area contributed by atoms with Crippen molar-refractivity contribution >= 4 is 11.9 Å². The van der Waals surface area contributed by atoms with Crippen molar-refractivity contribution < 1.29 is 19.4 Å². The largest absolute Gasteiger partial charge is 0.478 e. The maximum atomic E-state index is 12.1. The molecule has 0 saturated heterocycles. The van der Waals surface area contributed by atoms with Crippen molar-refractivity contribution in [2.45, 2.75) is 52.1 Å². The third kappa shape index (κ3) is 4.68. The van der Waals surface area contributed by atoms with E-state index in [1.807, 2.05) is 13.8 Å². The predicted molar refractivity (Wildman–Crippen MR) is 77.0 cm³/mol. The maximum Gasteiger partial charge on any atom is 0.339 e. The summed E-state index contributed by atoms with van der Waals surface area (Å²) in [6.07, 6.45) is 3.94. The molecule has 0 fully saturated rings. The lowest BCUT2D eigenvalue weighted by atomic mass is 10.00. The minimum Gasteiger partial charge on any atom is -0.478 e. The SMILES string of the molecule is CCCCCC(C)(C)OC(=O)c1ccccc1C(=O)O. The van der Waals surface area contributed by atoms with E-state index >= 15 is 0 Å². The Bertz CT molecular complexity index is 477. The average molecular weight is 278 g/mol. The Kier molecular flexibility index (Phi) is 5.74. The molecule has 20 heavy (non-hydrogen) atoms. The minimum absolute atomic E-state index is 0.0261. The second kappa shape index (κ2) is 7.08. The Morgan fingerprint density at radius 2 is 1.75 bits per heavy atom. The third-order valence-electron chi connectivity index (χ3n) is 3.13. The van der Waals surface area contributed by atoms with Crippen LogP contribution >= 0.6 is 0 Å². The normalized spacial score (nSPS) is 11.2. The molecule has 0 radical (unpaired) electrons. The maximum absolute atomic E-state index is 12.1. The molecule has 1 aromatic rings. The van der Waals surface area contributed by atoms with Gasteiger partial charge in [0.1, 0.15) is 5.60 Å². The lowest BCUT2D eigenvalue weighted by Gasteiger charge is -2.25. The van der Waals surface area contributed by atoms with Crippen molar-refractivity contribution in [3.8, 4) is 0 Å². The highest BCUT2D eigenvalue weighted by Crippen LogP contribution is 2.21. The van der Waals surface area contributed by atoms with E-state index in [0.717, 1.165) is 25.7 Å². The molecule has 0 aliphatic heterocycles. The van der Waals surface area contributed by atoms with Gasteiger partial charge < -0.3 is 9.84 Å². The first-order chi connectivity index (χ1) is 9.37. The number of carboxylic acid groups (broad SMARTS) is 1. The Hall–Kier alpha value is -1.84. The number of carbonyl (C=O) groups is 2. The number of aromatic carboxylic acids is 1. The summed E-state index contributed by atoms with van der Waals surface area (Å²) in [7, 11) is 0. The van der Waals surface area contributed by atoms with Crippen LogP contribution in [-0.4, -0.2) is 22.6 Å². The van der Waals surface area contributed by atoms with Crippen molar-refractivity contribution in [1.82, 2.24) is 0 Å². The summed E-state index contributed by atoms with van der Waals surface area (Å²) in [4.78, 5) is 23.2. The molecular formula is C16H22O4. The number of esters is 1. The molecule has 0 bridgehead atoms. The van der Waals surface area contributed by atoms with Gasteiger partial charge in [0, 0.05) is 0 Å². The van der Waals surface area contributed by atoms with Gasteiger partial charge in [0.05, 0.1) is 11.1 Å². The Morgan fingerprint density at radius 3 is 2.30 bits per heavy atom. The lowest BCUT2D eigenvalue weighted by molar-refractivity contribution is -0.00574. The molecule has 4 heteroatoms. The molecule has 0 heterocycles. The summed E-state index contributed by atoms with van der Waals surface area (Å²) in [5.74, 6) is -1.70. The highest BCUT2D eigenvalue weighted by Gasteiger charge is 2.25. The number of carbonyl (C=O) groups excluding carboxylic acids is 1. The van der Waals surface area contributed by atoms with Gasteiger partial charge in [-0.25, -0.2) is 9.59 Å². The van der Waals surface area contributed by atoms with E-state index in [1.54, 1.807) is 12.1 Å². The number of rotatable bonds is 7. The molecule has 0 unspecified atom stereocenters. The van der Waals surface area contributed by atoms with E-state index in [9.17, 15) is 9.59 Å². The van der Waals surface area contributed by atoms with Crippen LogP contribution in [-0.2, 0) is 4.74 Å². The quantitative estimate of drug-likeness (QED) is 0.607. The molecule has 1 rings (SSSR count). The topological polar surface area (TPSA) is 63.6 Å².